The summed E-state index contributed by atoms with van der Waals surface area (Å²) in [5.74, 6) is 0.801. The van der Waals surface area contributed by atoms with Crippen LogP contribution in [0.25, 0.3) is 0 Å². The molecule has 0 saturated heterocycles. The minimum absolute atomic E-state index is 0.801. The molecule has 0 amide bonds. The van der Waals surface area contributed by atoms with Gasteiger partial charge in [-0.2, -0.15) is 0 Å². The van der Waals surface area contributed by atoms with Gasteiger partial charge in [0.05, 0.1) is 4.47 Å². The zero-order chi connectivity index (χ0) is 12.3. The Labute approximate surface area is 113 Å². The van der Waals surface area contributed by atoms with Crippen LogP contribution in [0.3, 0.4) is 0 Å². The Kier molecular flexibility index (Phi) is 4.02. The summed E-state index contributed by atoms with van der Waals surface area (Å²) in [6, 6.07) is 8.37. The van der Waals surface area contributed by atoms with Gasteiger partial charge in [-0.1, -0.05) is 29.5 Å². The first-order valence-corrected chi connectivity index (χ1v) is 6.74. The Hall–Kier alpha value is -1.07. The molecule has 0 radical (unpaired) electrons. The number of halogens is 1. The average Bonchev–Trinajstić information content (AvgIpc) is 2.35. The topological polar surface area (TPSA) is 37.8 Å². The maximum Gasteiger partial charge on any atom is 0.144 e. The average molecular weight is 310 g/mol. The number of rotatable bonds is 3. The van der Waals surface area contributed by atoms with Gasteiger partial charge in [0.15, 0.2) is 0 Å². The number of nitrogens with zero attached hydrogens (tertiary/aromatic N) is 2. The molecule has 1 aromatic heterocycles. The van der Waals surface area contributed by atoms with E-state index in [0.29, 0.717) is 0 Å². The molecule has 0 unspecified atom stereocenters. The van der Waals surface area contributed by atoms with Crippen LogP contribution in [0.15, 0.2) is 45.0 Å². The summed E-state index contributed by atoms with van der Waals surface area (Å²) in [6.07, 6.45) is 1.56. The number of aryl methyl sites for hydroxylation is 1. The monoisotopic (exact) mass is 309 g/mol. The van der Waals surface area contributed by atoms with Crippen molar-refractivity contribution < 1.29 is 0 Å². The van der Waals surface area contributed by atoms with Crippen molar-refractivity contribution in [3.8, 4) is 0 Å². The van der Waals surface area contributed by atoms with Gasteiger partial charge in [0.2, 0.25) is 0 Å². The fourth-order valence-electron chi connectivity index (χ4n) is 1.32. The van der Waals surface area contributed by atoms with E-state index >= 15 is 0 Å². The Morgan fingerprint density at radius 3 is 2.53 bits per heavy atom. The third kappa shape index (κ3) is 2.98. The van der Waals surface area contributed by atoms with E-state index in [1.165, 1.54) is 5.56 Å². The highest BCUT2D eigenvalue weighted by atomic mass is 79.9. The second-order valence-electron chi connectivity index (χ2n) is 3.51. The van der Waals surface area contributed by atoms with Gasteiger partial charge < -0.3 is 5.32 Å². The zero-order valence-electron chi connectivity index (χ0n) is 9.57. The molecule has 5 heteroatoms. The first-order chi connectivity index (χ1) is 8.20. The zero-order valence-corrected chi connectivity index (χ0v) is 12.0. The molecule has 0 aliphatic heterocycles. The van der Waals surface area contributed by atoms with Crippen LogP contribution in [0.1, 0.15) is 5.56 Å². The summed E-state index contributed by atoms with van der Waals surface area (Å²) in [5, 5.41) is 3.93. The van der Waals surface area contributed by atoms with Crippen molar-refractivity contribution in [2.24, 2.45) is 0 Å². The molecule has 88 valence electrons. The van der Waals surface area contributed by atoms with Crippen LogP contribution in [0.2, 0.25) is 0 Å². The fourth-order valence-corrected chi connectivity index (χ4v) is 2.74. The van der Waals surface area contributed by atoms with Crippen molar-refractivity contribution in [3.63, 3.8) is 0 Å². The van der Waals surface area contributed by atoms with Crippen molar-refractivity contribution in [2.75, 3.05) is 12.4 Å². The molecule has 2 rings (SSSR count). The largest absolute Gasteiger partial charge is 0.372 e. The van der Waals surface area contributed by atoms with Crippen LogP contribution in [0.5, 0.6) is 0 Å². The number of hydrogen-bond donors (Lipinski definition) is 1. The van der Waals surface area contributed by atoms with Gasteiger partial charge in [-0.25, -0.2) is 9.97 Å². The molecule has 0 bridgehead atoms. The summed E-state index contributed by atoms with van der Waals surface area (Å²) in [5.41, 5.74) is 1.26. The molecule has 0 fully saturated rings. The summed E-state index contributed by atoms with van der Waals surface area (Å²) in [7, 11) is 1.84. The van der Waals surface area contributed by atoms with E-state index < -0.39 is 0 Å². The van der Waals surface area contributed by atoms with Crippen LogP contribution in [-0.4, -0.2) is 17.0 Å². The fraction of sp³-hybridized carbons (Fsp3) is 0.167. The molecule has 0 aliphatic rings. The molecule has 1 heterocycles. The predicted octanol–water partition coefficient (Wildman–Crippen LogP) is 3.74. The maximum atomic E-state index is 4.27. The highest BCUT2D eigenvalue weighted by Gasteiger charge is 2.08. The van der Waals surface area contributed by atoms with Gasteiger partial charge in [0.1, 0.15) is 17.2 Å². The molecule has 0 atom stereocenters. The molecule has 0 spiro atoms. The number of nitrogens with one attached hydrogen (secondary N) is 1. The minimum Gasteiger partial charge on any atom is -0.372 e. The number of benzene rings is 1. The second-order valence-corrected chi connectivity index (χ2v) is 5.36. The Morgan fingerprint density at radius 1 is 1.18 bits per heavy atom. The van der Waals surface area contributed by atoms with Gasteiger partial charge >= 0.3 is 0 Å². The first-order valence-electron chi connectivity index (χ1n) is 5.13. The van der Waals surface area contributed by atoms with Crippen LogP contribution in [-0.2, 0) is 0 Å². The highest BCUT2D eigenvalue weighted by Crippen LogP contribution is 2.34. The molecule has 17 heavy (non-hydrogen) atoms. The van der Waals surface area contributed by atoms with Gasteiger partial charge in [-0.05, 0) is 35.0 Å². The van der Waals surface area contributed by atoms with Crippen molar-refractivity contribution in [2.45, 2.75) is 16.8 Å². The minimum atomic E-state index is 0.801. The van der Waals surface area contributed by atoms with E-state index in [1.807, 2.05) is 7.05 Å². The van der Waals surface area contributed by atoms with Gasteiger partial charge in [-0.3, -0.25) is 0 Å². The SMILES string of the molecule is CNc1ncnc(Sc2ccc(C)cc2)c1Br. The van der Waals surface area contributed by atoms with Gasteiger partial charge in [0, 0.05) is 11.9 Å². The summed E-state index contributed by atoms with van der Waals surface area (Å²) >= 11 is 5.12. The lowest BCUT2D eigenvalue weighted by Crippen LogP contribution is -1.96. The number of anilines is 1. The molecule has 0 aliphatic carbocycles. The van der Waals surface area contributed by atoms with Crippen molar-refractivity contribution in [1.82, 2.24) is 9.97 Å². The number of hydrogen-bond acceptors (Lipinski definition) is 4. The molecule has 0 saturated carbocycles. The molecule has 1 N–H and O–H groups in total. The number of aromatic nitrogens is 2. The normalized spacial score (nSPS) is 10.3. The second kappa shape index (κ2) is 5.51. The van der Waals surface area contributed by atoms with E-state index in [2.05, 4.69) is 62.4 Å². The Balaban J connectivity index is 2.27. The van der Waals surface area contributed by atoms with E-state index in [0.717, 1.165) is 20.2 Å². The summed E-state index contributed by atoms with van der Waals surface area (Å²) in [6.45, 7) is 2.08. The van der Waals surface area contributed by atoms with Gasteiger partial charge in [0.25, 0.3) is 0 Å². The van der Waals surface area contributed by atoms with E-state index in [9.17, 15) is 0 Å². The lowest BCUT2D eigenvalue weighted by molar-refractivity contribution is 1.02. The molecular formula is C12H12BrN3S. The highest BCUT2D eigenvalue weighted by molar-refractivity contribution is 9.10. The molecule has 3 nitrogen and oxygen atoms in total. The summed E-state index contributed by atoms with van der Waals surface area (Å²) < 4.78 is 0.896. The van der Waals surface area contributed by atoms with Crippen LogP contribution in [0.4, 0.5) is 5.82 Å². The third-order valence-electron chi connectivity index (χ3n) is 2.23. The lowest BCUT2D eigenvalue weighted by Gasteiger charge is -2.07. The smallest absolute Gasteiger partial charge is 0.144 e. The molecular weight excluding hydrogens is 298 g/mol. The van der Waals surface area contributed by atoms with Crippen LogP contribution >= 0.6 is 27.7 Å². The first kappa shape index (κ1) is 12.4. The molecule has 1 aromatic carbocycles. The van der Waals surface area contributed by atoms with Crippen LogP contribution < -0.4 is 5.32 Å². The Morgan fingerprint density at radius 2 is 1.88 bits per heavy atom. The van der Waals surface area contributed by atoms with Crippen molar-refractivity contribution in [3.05, 3.63) is 40.6 Å². The predicted molar refractivity (Wildman–Crippen MR) is 74.6 cm³/mol. The summed E-state index contributed by atoms with van der Waals surface area (Å²) in [4.78, 5) is 9.56. The third-order valence-corrected chi connectivity index (χ3v) is 4.25. The van der Waals surface area contributed by atoms with Crippen molar-refractivity contribution >= 4 is 33.5 Å². The maximum absolute atomic E-state index is 4.27. The standard InChI is InChI=1S/C12H12BrN3S/c1-8-3-5-9(6-4-8)17-12-10(13)11(14-2)15-7-16-12/h3-7H,1-2H3,(H,14,15,16). The van der Waals surface area contributed by atoms with Gasteiger partial charge in [-0.15, -0.1) is 0 Å². The lowest BCUT2D eigenvalue weighted by atomic mass is 10.2. The molecule has 2 aromatic rings. The van der Waals surface area contributed by atoms with E-state index in [1.54, 1.807) is 18.1 Å². The Bertz CT molecular complexity index is 514. The quantitative estimate of drug-likeness (QED) is 0.877. The van der Waals surface area contributed by atoms with Crippen LogP contribution in [0, 0.1) is 6.92 Å². The van der Waals surface area contributed by atoms with E-state index in [-0.39, 0.29) is 0 Å². The van der Waals surface area contributed by atoms with Crippen molar-refractivity contribution in [1.29, 1.82) is 0 Å². The van der Waals surface area contributed by atoms with E-state index in [4.69, 9.17) is 0 Å².